The summed E-state index contributed by atoms with van der Waals surface area (Å²) in [6.45, 7) is 6.94. The van der Waals surface area contributed by atoms with Crippen LogP contribution < -0.4 is 0 Å². The number of allylic oxidation sites excluding steroid dienone is 2. The predicted octanol–water partition coefficient (Wildman–Crippen LogP) is 2.83. The molecular formula is C15H22O2. The van der Waals surface area contributed by atoms with E-state index < -0.39 is 0 Å². The summed E-state index contributed by atoms with van der Waals surface area (Å²) in [5, 5.41) is 9.53. The van der Waals surface area contributed by atoms with E-state index in [2.05, 4.69) is 39.0 Å². The fourth-order valence-corrected chi connectivity index (χ4v) is 4.06. The Bertz CT molecular complexity index is 407. The lowest BCUT2D eigenvalue weighted by molar-refractivity contribution is -0.227. The van der Waals surface area contributed by atoms with Gasteiger partial charge in [-0.05, 0) is 37.2 Å². The lowest BCUT2D eigenvalue weighted by atomic mass is 9.49. The van der Waals surface area contributed by atoms with E-state index >= 15 is 0 Å². The SMILES string of the molecule is CC12C=CC=C(CO)C3CC(C)(C)C3(CC1)O2. The molecule has 3 rings (SSSR count). The molecule has 1 N–H and O–H groups in total. The second-order valence-corrected chi connectivity index (χ2v) is 6.70. The van der Waals surface area contributed by atoms with Crippen LogP contribution in [0.2, 0.25) is 0 Å². The van der Waals surface area contributed by atoms with Crippen LogP contribution in [-0.2, 0) is 4.74 Å². The molecular weight excluding hydrogens is 212 g/mol. The van der Waals surface area contributed by atoms with E-state index in [0.717, 1.165) is 24.8 Å². The van der Waals surface area contributed by atoms with Crippen molar-refractivity contribution in [3.05, 3.63) is 23.8 Å². The van der Waals surface area contributed by atoms with Crippen molar-refractivity contribution in [2.24, 2.45) is 11.3 Å². The van der Waals surface area contributed by atoms with Gasteiger partial charge >= 0.3 is 0 Å². The molecule has 0 amide bonds. The van der Waals surface area contributed by atoms with E-state index in [4.69, 9.17) is 4.74 Å². The van der Waals surface area contributed by atoms with Crippen LogP contribution in [0.15, 0.2) is 23.8 Å². The molecule has 3 unspecified atom stereocenters. The average molecular weight is 234 g/mol. The van der Waals surface area contributed by atoms with Gasteiger partial charge in [0.25, 0.3) is 0 Å². The summed E-state index contributed by atoms with van der Waals surface area (Å²) in [5.41, 5.74) is 1.23. The normalized spacial score (nSPS) is 46.6. The highest BCUT2D eigenvalue weighted by Gasteiger charge is 2.66. The van der Waals surface area contributed by atoms with Gasteiger partial charge in [0.2, 0.25) is 0 Å². The highest BCUT2D eigenvalue weighted by molar-refractivity contribution is 5.32. The minimum Gasteiger partial charge on any atom is -0.392 e. The Morgan fingerprint density at radius 3 is 2.76 bits per heavy atom. The van der Waals surface area contributed by atoms with Crippen LogP contribution in [0.5, 0.6) is 0 Å². The summed E-state index contributed by atoms with van der Waals surface area (Å²) in [6.07, 6.45) is 9.65. The molecule has 2 nitrogen and oxygen atoms in total. The second-order valence-electron chi connectivity index (χ2n) is 6.70. The van der Waals surface area contributed by atoms with Crippen molar-refractivity contribution in [1.82, 2.24) is 0 Å². The number of aliphatic hydroxyl groups is 1. The van der Waals surface area contributed by atoms with E-state index in [1.165, 1.54) is 0 Å². The molecule has 3 atom stereocenters. The van der Waals surface area contributed by atoms with Gasteiger partial charge in [-0.1, -0.05) is 32.1 Å². The van der Waals surface area contributed by atoms with Crippen LogP contribution in [0.25, 0.3) is 0 Å². The number of ether oxygens (including phenoxy) is 1. The maximum absolute atomic E-state index is 9.53. The van der Waals surface area contributed by atoms with Crippen molar-refractivity contribution in [2.75, 3.05) is 6.61 Å². The molecule has 1 aliphatic carbocycles. The first-order chi connectivity index (χ1) is 7.93. The van der Waals surface area contributed by atoms with Gasteiger partial charge in [0, 0.05) is 5.92 Å². The Morgan fingerprint density at radius 1 is 1.35 bits per heavy atom. The Labute approximate surface area is 103 Å². The largest absolute Gasteiger partial charge is 0.392 e. The summed E-state index contributed by atoms with van der Waals surface area (Å²) < 4.78 is 6.48. The standard InChI is InChI=1S/C15H22O2/c1-13(2)9-12-11(10-16)5-4-6-14(3)7-8-15(12,13)17-14/h4-6,12,16H,7-10H2,1-3H3. The molecule has 0 aromatic carbocycles. The third kappa shape index (κ3) is 1.34. The molecule has 2 fully saturated rings. The zero-order valence-corrected chi connectivity index (χ0v) is 11.0. The van der Waals surface area contributed by atoms with Crippen molar-refractivity contribution in [3.8, 4) is 0 Å². The van der Waals surface area contributed by atoms with Crippen LogP contribution in [0, 0.1) is 11.3 Å². The first-order valence-electron chi connectivity index (χ1n) is 6.62. The van der Waals surface area contributed by atoms with Crippen molar-refractivity contribution >= 4 is 0 Å². The molecule has 0 aromatic heterocycles. The van der Waals surface area contributed by atoms with Gasteiger partial charge in [0.15, 0.2) is 0 Å². The third-order valence-corrected chi connectivity index (χ3v) is 5.22. The predicted molar refractivity (Wildman–Crippen MR) is 67.7 cm³/mol. The Kier molecular flexibility index (Phi) is 2.19. The van der Waals surface area contributed by atoms with Gasteiger partial charge in [-0.2, -0.15) is 0 Å². The van der Waals surface area contributed by atoms with Crippen molar-refractivity contribution in [1.29, 1.82) is 0 Å². The summed E-state index contributed by atoms with van der Waals surface area (Å²) in [7, 11) is 0. The Balaban J connectivity index is 2.07. The van der Waals surface area contributed by atoms with Crippen LogP contribution in [-0.4, -0.2) is 22.9 Å². The maximum Gasteiger partial charge on any atom is 0.0846 e. The molecule has 2 heteroatoms. The maximum atomic E-state index is 9.53. The number of rotatable bonds is 1. The summed E-state index contributed by atoms with van der Waals surface area (Å²) in [6, 6.07) is 0. The molecule has 2 bridgehead atoms. The number of hydrogen-bond acceptors (Lipinski definition) is 2. The zero-order valence-electron chi connectivity index (χ0n) is 11.0. The monoisotopic (exact) mass is 234 g/mol. The summed E-state index contributed by atoms with van der Waals surface area (Å²) in [5.74, 6) is 0.411. The summed E-state index contributed by atoms with van der Waals surface area (Å²) >= 11 is 0. The Hall–Kier alpha value is -0.600. The molecule has 0 aromatic rings. The fraction of sp³-hybridized carbons (Fsp3) is 0.733. The first-order valence-corrected chi connectivity index (χ1v) is 6.62. The van der Waals surface area contributed by atoms with Gasteiger partial charge in [-0.3, -0.25) is 0 Å². The van der Waals surface area contributed by atoms with Crippen molar-refractivity contribution in [2.45, 2.75) is 51.2 Å². The van der Waals surface area contributed by atoms with Crippen LogP contribution in [0.4, 0.5) is 0 Å². The molecule has 17 heavy (non-hydrogen) atoms. The molecule has 94 valence electrons. The van der Waals surface area contributed by atoms with Crippen LogP contribution >= 0.6 is 0 Å². The van der Waals surface area contributed by atoms with E-state index in [1.807, 2.05) is 0 Å². The van der Waals surface area contributed by atoms with E-state index in [1.54, 1.807) is 0 Å². The second kappa shape index (κ2) is 3.24. The number of aliphatic hydroxyl groups excluding tert-OH is 1. The minimum atomic E-state index is -0.104. The fourth-order valence-electron chi connectivity index (χ4n) is 4.06. The Morgan fingerprint density at radius 2 is 2.12 bits per heavy atom. The summed E-state index contributed by atoms with van der Waals surface area (Å²) in [4.78, 5) is 0. The average Bonchev–Trinajstić information content (AvgIpc) is 2.64. The van der Waals surface area contributed by atoms with Crippen LogP contribution in [0.1, 0.15) is 40.0 Å². The topological polar surface area (TPSA) is 29.5 Å². The molecule has 1 spiro atoms. The molecule has 2 heterocycles. The van der Waals surface area contributed by atoms with Crippen molar-refractivity contribution in [3.63, 3.8) is 0 Å². The molecule has 1 saturated heterocycles. The van der Waals surface area contributed by atoms with E-state index in [0.29, 0.717) is 5.92 Å². The van der Waals surface area contributed by atoms with Crippen LogP contribution in [0.3, 0.4) is 0 Å². The van der Waals surface area contributed by atoms with Gasteiger partial charge in [0.1, 0.15) is 0 Å². The van der Waals surface area contributed by atoms with Gasteiger partial charge in [-0.15, -0.1) is 0 Å². The minimum absolute atomic E-state index is 0.0406. The lowest BCUT2D eigenvalue weighted by Gasteiger charge is -2.61. The lowest BCUT2D eigenvalue weighted by Crippen LogP contribution is -2.63. The first kappa shape index (κ1) is 11.5. The highest BCUT2D eigenvalue weighted by Crippen LogP contribution is 2.65. The molecule has 2 aliphatic heterocycles. The van der Waals surface area contributed by atoms with Gasteiger partial charge < -0.3 is 9.84 Å². The van der Waals surface area contributed by atoms with Crippen molar-refractivity contribution < 1.29 is 9.84 Å². The zero-order chi connectivity index (χ0) is 12.3. The number of fused-ring (bicyclic) bond motifs is 1. The molecule has 3 aliphatic rings. The van der Waals surface area contributed by atoms with Gasteiger partial charge in [-0.25, -0.2) is 0 Å². The molecule has 0 radical (unpaired) electrons. The number of hydrogen-bond donors (Lipinski definition) is 1. The van der Waals surface area contributed by atoms with E-state index in [9.17, 15) is 5.11 Å². The quantitative estimate of drug-likeness (QED) is 0.756. The van der Waals surface area contributed by atoms with Gasteiger partial charge in [0.05, 0.1) is 17.8 Å². The third-order valence-electron chi connectivity index (χ3n) is 5.22. The van der Waals surface area contributed by atoms with E-state index in [-0.39, 0.29) is 23.2 Å². The molecule has 1 saturated carbocycles. The smallest absolute Gasteiger partial charge is 0.0846 e. The highest BCUT2D eigenvalue weighted by atomic mass is 16.5.